The van der Waals surface area contributed by atoms with E-state index in [-0.39, 0.29) is 18.2 Å². The Bertz CT molecular complexity index is 670. The molecule has 1 N–H and O–H groups in total. The number of hydrogen-bond donors (Lipinski definition) is 1. The molecule has 0 radical (unpaired) electrons. The van der Waals surface area contributed by atoms with Crippen LogP contribution < -0.4 is 5.32 Å². The predicted molar refractivity (Wildman–Crippen MR) is 88.2 cm³/mol. The zero-order chi connectivity index (χ0) is 15.7. The molecule has 0 spiro atoms. The van der Waals surface area contributed by atoms with E-state index in [0.717, 1.165) is 23.1 Å². The summed E-state index contributed by atoms with van der Waals surface area (Å²) in [6, 6.07) is 8.08. The Kier molecular flexibility index (Phi) is 4.07. The van der Waals surface area contributed by atoms with Crippen molar-refractivity contribution in [3.63, 3.8) is 0 Å². The Hall–Kier alpha value is -2.01. The maximum absolute atomic E-state index is 12.5. The van der Waals surface area contributed by atoms with E-state index in [1.807, 2.05) is 43.1 Å². The summed E-state index contributed by atoms with van der Waals surface area (Å²) < 4.78 is 7.83. The van der Waals surface area contributed by atoms with Crippen LogP contribution in [0.15, 0.2) is 30.5 Å². The Morgan fingerprint density at radius 1 is 1.27 bits per heavy atom. The van der Waals surface area contributed by atoms with Crippen LogP contribution in [0.4, 0.5) is 10.5 Å². The van der Waals surface area contributed by atoms with Crippen molar-refractivity contribution in [1.29, 1.82) is 0 Å². The van der Waals surface area contributed by atoms with E-state index in [9.17, 15) is 4.79 Å². The third-order valence-electron chi connectivity index (χ3n) is 4.08. The van der Waals surface area contributed by atoms with Crippen molar-refractivity contribution < 1.29 is 9.53 Å². The van der Waals surface area contributed by atoms with Crippen LogP contribution in [0.3, 0.4) is 0 Å². The minimum atomic E-state index is -0.0546. The van der Waals surface area contributed by atoms with Crippen molar-refractivity contribution in [3.05, 3.63) is 30.5 Å². The number of hydrogen-bond acceptors (Lipinski definition) is 2. The maximum Gasteiger partial charge on any atom is 0.322 e. The SMILES string of the molecule is CCn1cc(NC(=O)N2CC(C)OC(C)C2)c2ccccc21. The molecule has 1 aromatic heterocycles. The van der Waals surface area contributed by atoms with Gasteiger partial charge >= 0.3 is 6.03 Å². The van der Waals surface area contributed by atoms with Crippen LogP contribution in [0.1, 0.15) is 20.8 Å². The van der Waals surface area contributed by atoms with E-state index < -0.39 is 0 Å². The zero-order valence-corrected chi connectivity index (χ0v) is 13.4. The predicted octanol–water partition coefficient (Wildman–Crippen LogP) is 3.30. The molecule has 2 atom stereocenters. The Morgan fingerprint density at radius 2 is 1.95 bits per heavy atom. The monoisotopic (exact) mass is 301 g/mol. The fourth-order valence-corrected chi connectivity index (χ4v) is 3.15. The molecule has 2 unspecified atom stereocenters. The van der Waals surface area contributed by atoms with Gasteiger partial charge in [-0.05, 0) is 26.8 Å². The lowest BCUT2D eigenvalue weighted by Gasteiger charge is -2.35. The van der Waals surface area contributed by atoms with Crippen molar-refractivity contribution >= 4 is 22.6 Å². The van der Waals surface area contributed by atoms with Gasteiger partial charge in [-0.25, -0.2) is 4.79 Å². The number of nitrogens with zero attached hydrogens (tertiary/aromatic N) is 2. The molecular weight excluding hydrogens is 278 g/mol. The van der Waals surface area contributed by atoms with Crippen LogP contribution in [-0.2, 0) is 11.3 Å². The van der Waals surface area contributed by atoms with E-state index in [2.05, 4.69) is 22.9 Å². The van der Waals surface area contributed by atoms with Gasteiger partial charge in [0.25, 0.3) is 0 Å². The van der Waals surface area contributed by atoms with E-state index in [4.69, 9.17) is 4.74 Å². The highest BCUT2D eigenvalue weighted by Crippen LogP contribution is 2.26. The molecule has 1 saturated heterocycles. The lowest BCUT2D eigenvalue weighted by molar-refractivity contribution is -0.0530. The summed E-state index contributed by atoms with van der Waals surface area (Å²) in [5, 5.41) is 4.14. The second-order valence-corrected chi connectivity index (χ2v) is 5.94. The fourth-order valence-electron chi connectivity index (χ4n) is 3.15. The number of urea groups is 1. The summed E-state index contributed by atoms with van der Waals surface area (Å²) in [5.41, 5.74) is 2.01. The number of morpholine rings is 1. The molecule has 2 heterocycles. The smallest absolute Gasteiger partial charge is 0.322 e. The van der Waals surface area contributed by atoms with Crippen LogP contribution in [0.5, 0.6) is 0 Å². The quantitative estimate of drug-likeness (QED) is 0.925. The highest BCUT2D eigenvalue weighted by atomic mass is 16.5. The van der Waals surface area contributed by atoms with Crippen molar-refractivity contribution in [3.8, 4) is 0 Å². The highest BCUT2D eigenvalue weighted by Gasteiger charge is 2.26. The molecule has 118 valence electrons. The molecule has 1 fully saturated rings. The molecule has 5 heteroatoms. The lowest BCUT2D eigenvalue weighted by atomic mass is 10.2. The summed E-state index contributed by atoms with van der Waals surface area (Å²) in [6.07, 6.45) is 2.16. The Morgan fingerprint density at radius 3 is 2.64 bits per heavy atom. The normalized spacial score (nSPS) is 22.0. The highest BCUT2D eigenvalue weighted by molar-refractivity contribution is 6.01. The fraction of sp³-hybridized carbons (Fsp3) is 0.471. The third-order valence-corrected chi connectivity index (χ3v) is 4.08. The Labute approximate surface area is 130 Å². The number of para-hydroxylation sites is 1. The van der Waals surface area contributed by atoms with Crippen LogP contribution >= 0.6 is 0 Å². The van der Waals surface area contributed by atoms with Gasteiger partial charge in [0.05, 0.1) is 23.4 Å². The van der Waals surface area contributed by atoms with Crippen molar-refractivity contribution in [1.82, 2.24) is 9.47 Å². The third kappa shape index (κ3) is 2.81. The number of amides is 2. The summed E-state index contributed by atoms with van der Waals surface area (Å²) in [4.78, 5) is 14.4. The molecule has 2 aromatic rings. The number of nitrogens with one attached hydrogen (secondary N) is 1. The second kappa shape index (κ2) is 6.01. The van der Waals surface area contributed by atoms with Crippen molar-refractivity contribution in [2.24, 2.45) is 0 Å². The van der Waals surface area contributed by atoms with Crippen molar-refractivity contribution in [2.45, 2.75) is 39.5 Å². The first-order chi connectivity index (χ1) is 10.6. The molecule has 22 heavy (non-hydrogen) atoms. The molecule has 1 aliphatic heterocycles. The van der Waals surface area contributed by atoms with E-state index in [1.165, 1.54) is 0 Å². The summed E-state index contributed by atoms with van der Waals surface area (Å²) in [7, 11) is 0. The number of aromatic nitrogens is 1. The maximum atomic E-state index is 12.5. The molecular formula is C17H23N3O2. The van der Waals surface area contributed by atoms with Gasteiger partial charge in [0.2, 0.25) is 0 Å². The second-order valence-electron chi connectivity index (χ2n) is 5.94. The average molecular weight is 301 g/mol. The number of anilines is 1. The van der Waals surface area contributed by atoms with Crippen LogP contribution in [0.2, 0.25) is 0 Å². The van der Waals surface area contributed by atoms with E-state index in [1.54, 1.807) is 0 Å². The number of ether oxygens (including phenoxy) is 1. The molecule has 5 nitrogen and oxygen atoms in total. The topological polar surface area (TPSA) is 46.5 Å². The number of benzene rings is 1. The van der Waals surface area contributed by atoms with Gasteiger partial charge in [0.1, 0.15) is 0 Å². The summed E-state index contributed by atoms with van der Waals surface area (Å²) in [5.74, 6) is 0. The molecule has 2 amide bonds. The minimum Gasteiger partial charge on any atom is -0.372 e. The van der Waals surface area contributed by atoms with Gasteiger partial charge in [-0.1, -0.05) is 18.2 Å². The number of carbonyl (C=O) groups excluding carboxylic acids is 1. The Balaban J connectivity index is 1.82. The van der Waals surface area contributed by atoms with Gasteiger partial charge in [0.15, 0.2) is 0 Å². The standard InChI is InChI=1S/C17H23N3O2/c1-4-19-11-15(14-7-5-6-8-16(14)19)18-17(21)20-9-12(2)22-13(3)10-20/h5-8,11-13H,4,9-10H2,1-3H3,(H,18,21). The van der Waals surface area contributed by atoms with Gasteiger partial charge in [-0.3, -0.25) is 0 Å². The number of fused-ring (bicyclic) bond motifs is 1. The summed E-state index contributed by atoms with van der Waals surface area (Å²) >= 11 is 0. The molecule has 0 bridgehead atoms. The van der Waals surface area contributed by atoms with Gasteiger partial charge in [-0.2, -0.15) is 0 Å². The number of carbonyl (C=O) groups is 1. The first kappa shape index (κ1) is 14.9. The summed E-state index contributed by atoms with van der Waals surface area (Å²) in [6.45, 7) is 8.23. The molecule has 0 aliphatic carbocycles. The molecule has 0 saturated carbocycles. The van der Waals surface area contributed by atoms with Gasteiger partial charge in [0, 0.05) is 31.2 Å². The molecule has 3 rings (SSSR count). The van der Waals surface area contributed by atoms with Crippen LogP contribution in [0.25, 0.3) is 10.9 Å². The van der Waals surface area contributed by atoms with Gasteiger partial charge in [-0.15, -0.1) is 0 Å². The average Bonchev–Trinajstić information content (AvgIpc) is 2.84. The van der Waals surface area contributed by atoms with Crippen LogP contribution in [0, 0.1) is 0 Å². The van der Waals surface area contributed by atoms with Crippen molar-refractivity contribution in [2.75, 3.05) is 18.4 Å². The minimum absolute atomic E-state index is 0.0546. The molecule has 1 aromatic carbocycles. The first-order valence-electron chi connectivity index (χ1n) is 7.87. The number of aryl methyl sites for hydroxylation is 1. The lowest BCUT2D eigenvalue weighted by Crippen LogP contribution is -2.49. The molecule has 1 aliphatic rings. The zero-order valence-electron chi connectivity index (χ0n) is 13.4. The number of rotatable bonds is 2. The van der Waals surface area contributed by atoms with Gasteiger partial charge < -0.3 is 19.5 Å². The van der Waals surface area contributed by atoms with E-state index in [0.29, 0.717) is 13.1 Å². The first-order valence-corrected chi connectivity index (χ1v) is 7.87. The largest absolute Gasteiger partial charge is 0.372 e. The van der Waals surface area contributed by atoms with E-state index >= 15 is 0 Å². The van der Waals surface area contributed by atoms with Crippen LogP contribution in [-0.4, -0.2) is 40.8 Å².